The van der Waals surface area contributed by atoms with Gasteiger partial charge in [-0.3, -0.25) is 0 Å². The Bertz CT molecular complexity index is 725. The lowest BCUT2D eigenvalue weighted by Crippen LogP contribution is -2.33. The average molecular weight is 373 g/mol. The van der Waals surface area contributed by atoms with Gasteiger partial charge in [0, 0.05) is 36.4 Å². The Morgan fingerprint density at radius 2 is 1.76 bits per heavy atom. The number of nitrogens with one attached hydrogen (secondary N) is 1. The summed E-state index contributed by atoms with van der Waals surface area (Å²) in [5, 5.41) is 4.09. The monoisotopic (exact) mass is 372 g/mol. The molecule has 0 bridgehead atoms. The molecular formula is C20H21ClN2OS. The van der Waals surface area contributed by atoms with Gasteiger partial charge in [-0.15, -0.1) is 0 Å². The lowest BCUT2D eigenvalue weighted by molar-refractivity contribution is 0.0597. The molecule has 1 aliphatic heterocycles. The minimum Gasteiger partial charge on any atom is -0.378 e. The summed E-state index contributed by atoms with van der Waals surface area (Å²) in [5.41, 5.74) is 3.26. The van der Waals surface area contributed by atoms with Gasteiger partial charge in [0.25, 0.3) is 0 Å². The van der Waals surface area contributed by atoms with Crippen LogP contribution in [0.3, 0.4) is 0 Å². The van der Waals surface area contributed by atoms with Crippen LogP contribution in [-0.4, -0.2) is 36.2 Å². The molecule has 0 saturated carbocycles. The topological polar surface area (TPSA) is 24.5 Å². The molecule has 0 unspecified atom stereocenters. The highest BCUT2D eigenvalue weighted by Crippen LogP contribution is 2.20. The minimum atomic E-state index is 0.702. The van der Waals surface area contributed by atoms with E-state index in [1.54, 1.807) is 0 Å². The van der Waals surface area contributed by atoms with E-state index in [1.165, 1.54) is 5.56 Å². The van der Waals surface area contributed by atoms with Gasteiger partial charge >= 0.3 is 0 Å². The third-order valence-corrected chi connectivity index (χ3v) is 4.67. The SMILES string of the molecule is S=C(NCc1ccccc1)/C(=C/N1CCOCC1)c1ccc(Cl)cc1. The molecule has 3 nitrogen and oxygen atoms in total. The fourth-order valence-electron chi connectivity index (χ4n) is 2.66. The number of benzene rings is 2. The second kappa shape index (κ2) is 8.99. The molecule has 25 heavy (non-hydrogen) atoms. The van der Waals surface area contributed by atoms with Crippen LogP contribution in [0.4, 0.5) is 0 Å². The maximum absolute atomic E-state index is 6.03. The molecule has 2 aromatic carbocycles. The summed E-state index contributed by atoms with van der Waals surface area (Å²) in [4.78, 5) is 2.99. The first-order valence-corrected chi connectivity index (χ1v) is 9.13. The predicted octanol–water partition coefficient (Wildman–Crippen LogP) is 4.13. The van der Waals surface area contributed by atoms with E-state index in [9.17, 15) is 0 Å². The molecule has 1 saturated heterocycles. The first kappa shape index (κ1) is 17.9. The van der Waals surface area contributed by atoms with Gasteiger partial charge < -0.3 is 15.0 Å². The van der Waals surface area contributed by atoms with E-state index in [0.717, 1.165) is 47.5 Å². The van der Waals surface area contributed by atoms with Crippen molar-refractivity contribution in [3.63, 3.8) is 0 Å². The fourth-order valence-corrected chi connectivity index (χ4v) is 3.02. The summed E-state index contributed by atoms with van der Waals surface area (Å²) in [6.07, 6.45) is 2.13. The molecule has 1 heterocycles. The molecular weight excluding hydrogens is 352 g/mol. The molecule has 3 rings (SSSR count). The van der Waals surface area contributed by atoms with E-state index in [1.807, 2.05) is 42.5 Å². The van der Waals surface area contributed by atoms with Crippen molar-refractivity contribution in [2.24, 2.45) is 0 Å². The third-order valence-electron chi connectivity index (χ3n) is 4.05. The highest BCUT2D eigenvalue weighted by Gasteiger charge is 2.13. The van der Waals surface area contributed by atoms with Gasteiger partial charge in [0.05, 0.1) is 13.2 Å². The first-order chi connectivity index (χ1) is 12.2. The molecule has 5 heteroatoms. The molecule has 1 fully saturated rings. The third kappa shape index (κ3) is 5.30. The Labute approximate surface area is 159 Å². The van der Waals surface area contributed by atoms with Crippen molar-refractivity contribution in [3.8, 4) is 0 Å². The maximum Gasteiger partial charge on any atom is 0.108 e. The van der Waals surface area contributed by atoms with E-state index in [-0.39, 0.29) is 0 Å². The zero-order chi connectivity index (χ0) is 17.5. The van der Waals surface area contributed by atoms with Crippen molar-refractivity contribution in [2.75, 3.05) is 26.3 Å². The van der Waals surface area contributed by atoms with Crippen molar-refractivity contribution in [1.29, 1.82) is 0 Å². The summed E-state index contributed by atoms with van der Waals surface area (Å²) in [7, 11) is 0. The number of halogens is 1. The summed E-state index contributed by atoms with van der Waals surface area (Å²) in [5.74, 6) is 0. The number of ether oxygens (including phenoxy) is 1. The number of nitrogens with zero attached hydrogens (tertiary/aromatic N) is 1. The van der Waals surface area contributed by atoms with Crippen LogP contribution in [0.1, 0.15) is 11.1 Å². The van der Waals surface area contributed by atoms with Gasteiger partial charge in [0.15, 0.2) is 0 Å². The Morgan fingerprint density at radius 1 is 1.08 bits per heavy atom. The summed E-state index contributed by atoms with van der Waals surface area (Å²) >= 11 is 11.7. The van der Waals surface area contributed by atoms with Crippen molar-refractivity contribution in [3.05, 3.63) is 76.9 Å². The zero-order valence-corrected chi connectivity index (χ0v) is 15.5. The molecule has 0 spiro atoms. The predicted molar refractivity (Wildman–Crippen MR) is 108 cm³/mol. The molecule has 1 N–H and O–H groups in total. The molecule has 130 valence electrons. The number of morpholine rings is 1. The summed E-state index contributed by atoms with van der Waals surface area (Å²) < 4.78 is 5.43. The molecule has 2 aromatic rings. The van der Waals surface area contributed by atoms with Crippen LogP contribution in [0.25, 0.3) is 5.57 Å². The van der Waals surface area contributed by atoms with Crippen LogP contribution in [0, 0.1) is 0 Å². The van der Waals surface area contributed by atoms with Crippen LogP contribution < -0.4 is 5.32 Å². The van der Waals surface area contributed by atoms with E-state index < -0.39 is 0 Å². The summed E-state index contributed by atoms with van der Waals surface area (Å²) in [6.45, 7) is 3.94. The zero-order valence-electron chi connectivity index (χ0n) is 14.0. The Balaban J connectivity index is 1.78. The molecule has 0 aliphatic carbocycles. The lowest BCUT2D eigenvalue weighted by atomic mass is 10.1. The molecule has 0 aromatic heterocycles. The molecule has 0 radical (unpaired) electrons. The summed E-state index contributed by atoms with van der Waals surface area (Å²) in [6, 6.07) is 18.0. The Morgan fingerprint density at radius 3 is 2.44 bits per heavy atom. The van der Waals surface area contributed by atoms with Crippen LogP contribution >= 0.6 is 23.8 Å². The van der Waals surface area contributed by atoms with Gasteiger partial charge in [0.2, 0.25) is 0 Å². The minimum absolute atomic E-state index is 0.702. The van der Waals surface area contributed by atoms with Gasteiger partial charge in [-0.2, -0.15) is 0 Å². The van der Waals surface area contributed by atoms with E-state index >= 15 is 0 Å². The fraction of sp³-hybridized carbons (Fsp3) is 0.250. The van der Waals surface area contributed by atoms with Crippen molar-refractivity contribution >= 4 is 34.4 Å². The highest BCUT2D eigenvalue weighted by molar-refractivity contribution is 7.81. The second-order valence-electron chi connectivity index (χ2n) is 5.87. The Kier molecular flexibility index (Phi) is 6.45. The average Bonchev–Trinajstić information content (AvgIpc) is 2.67. The van der Waals surface area contributed by atoms with E-state index in [2.05, 4.69) is 28.5 Å². The highest BCUT2D eigenvalue weighted by atomic mass is 35.5. The normalized spacial score (nSPS) is 15.1. The van der Waals surface area contributed by atoms with Crippen LogP contribution in [0.5, 0.6) is 0 Å². The van der Waals surface area contributed by atoms with Crippen LogP contribution in [-0.2, 0) is 11.3 Å². The van der Waals surface area contributed by atoms with Gasteiger partial charge in [0.1, 0.15) is 4.99 Å². The quantitative estimate of drug-likeness (QED) is 0.630. The van der Waals surface area contributed by atoms with E-state index in [0.29, 0.717) is 6.54 Å². The Hall–Kier alpha value is -1.88. The van der Waals surface area contributed by atoms with Gasteiger partial charge in [-0.05, 0) is 23.3 Å². The van der Waals surface area contributed by atoms with Crippen molar-refractivity contribution in [2.45, 2.75) is 6.54 Å². The second-order valence-corrected chi connectivity index (χ2v) is 6.71. The number of hydrogen-bond acceptors (Lipinski definition) is 3. The molecule has 0 amide bonds. The number of hydrogen-bond donors (Lipinski definition) is 1. The lowest BCUT2D eigenvalue weighted by Gasteiger charge is -2.27. The number of thiocarbonyl (C=S) groups is 1. The standard InChI is InChI=1S/C20H21ClN2OS/c21-18-8-6-17(7-9-18)19(15-23-10-12-24-13-11-23)20(25)22-14-16-4-2-1-3-5-16/h1-9,15H,10-14H2,(H,22,25)/b19-15+. The van der Waals surface area contributed by atoms with Crippen molar-refractivity contribution in [1.82, 2.24) is 10.2 Å². The molecule has 0 atom stereocenters. The number of rotatable bonds is 5. The molecule has 1 aliphatic rings. The maximum atomic E-state index is 6.03. The van der Waals surface area contributed by atoms with Crippen LogP contribution in [0.2, 0.25) is 5.02 Å². The largest absolute Gasteiger partial charge is 0.378 e. The first-order valence-electron chi connectivity index (χ1n) is 8.34. The van der Waals surface area contributed by atoms with E-state index in [4.69, 9.17) is 28.6 Å². The van der Waals surface area contributed by atoms with Gasteiger partial charge in [-0.25, -0.2) is 0 Å². The van der Waals surface area contributed by atoms with Crippen LogP contribution in [0.15, 0.2) is 60.8 Å². The van der Waals surface area contributed by atoms with Crippen molar-refractivity contribution < 1.29 is 4.74 Å². The van der Waals surface area contributed by atoms with Gasteiger partial charge in [-0.1, -0.05) is 66.3 Å². The smallest absolute Gasteiger partial charge is 0.108 e.